The highest BCUT2D eigenvalue weighted by atomic mass is 32.2. The van der Waals surface area contributed by atoms with Crippen LogP contribution in [0.3, 0.4) is 0 Å². The summed E-state index contributed by atoms with van der Waals surface area (Å²) in [6.45, 7) is 6.19. The number of fused-ring (bicyclic) bond motifs is 1. The van der Waals surface area contributed by atoms with E-state index in [1.165, 1.54) is 16.7 Å². The van der Waals surface area contributed by atoms with Crippen molar-refractivity contribution in [3.8, 4) is 11.8 Å². The van der Waals surface area contributed by atoms with Gasteiger partial charge in [0.15, 0.2) is 0 Å². The van der Waals surface area contributed by atoms with Crippen LogP contribution < -0.4 is 10.1 Å². The number of carbonyl (C=O) groups excluding carboxylic acids is 1. The third-order valence-corrected chi connectivity index (χ3v) is 6.67. The highest BCUT2D eigenvalue weighted by molar-refractivity contribution is 8.14. The molecule has 30 heavy (non-hydrogen) atoms. The molecule has 1 aliphatic carbocycles. The van der Waals surface area contributed by atoms with Crippen molar-refractivity contribution in [1.29, 1.82) is 5.26 Å². The maximum Gasteiger partial charge on any atom is 0.217 e. The van der Waals surface area contributed by atoms with Crippen LogP contribution in [0.15, 0.2) is 41.4 Å². The Morgan fingerprint density at radius 2 is 2.10 bits per heavy atom. The molecule has 1 aliphatic heterocycles. The van der Waals surface area contributed by atoms with Crippen molar-refractivity contribution < 1.29 is 9.53 Å². The van der Waals surface area contributed by atoms with E-state index in [4.69, 9.17) is 9.73 Å². The van der Waals surface area contributed by atoms with Crippen LogP contribution >= 0.6 is 11.8 Å². The number of ether oxygens (including phenoxy) is 1. The van der Waals surface area contributed by atoms with Crippen molar-refractivity contribution in [3.05, 3.63) is 64.2 Å². The van der Waals surface area contributed by atoms with Crippen LogP contribution in [0.5, 0.6) is 5.75 Å². The Hall–Kier alpha value is -2.78. The van der Waals surface area contributed by atoms with Gasteiger partial charge in [0.1, 0.15) is 11.8 Å². The summed E-state index contributed by atoms with van der Waals surface area (Å²) in [4.78, 5) is 16.3. The van der Waals surface area contributed by atoms with E-state index in [2.05, 4.69) is 29.6 Å². The van der Waals surface area contributed by atoms with E-state index in [1.807, 2.05) is 32.0 Å². The van der Waals surface area contributed by atoms with Gasteiger partial charge in [-0.25, -0.2) is 0 Å². The maximum absolute atomic E-state index is 11.5. The van der Waals surface area contributed by atoms with Crippen molar-refractivity contribution in [1.82, 2.24) is 5.32 Å². The first-order valence-electron chi connectivity index (χ1n) is 10.3. The Kier molecular flexibility index (Phi) is 5.83. The van der Waals surface area contributed by atoms with Crippen LogP contribution in [-0.2, 0) is 11.2 Å². The number of hydrogen-bond acceptors (Lipinski definition) is 5. The molecular weight excluding hydrogens is 394 g/mol. The maximum atomic E-state index is 11.5. The second-order valence-electron chi connectivity index (χ2n) is 7.95. The lowest BCUT2D eigenvalue weighted by atomic mass is 9.99. The molecule has 2 atom stereocenters. The number of benzene rings is 2. The summed E-state index contributed by atoms with van der Waals surface area (Å²) >= 11 is 1.75. The molecule has 0 radical (unpaired) electrons. The van der Waals surface area contributed by atoms with E-state index in [9.17, 15) is 10.1 Å². The highest BCUT2D eigenvalue weighted by Crippen LogP contribution is 2.43. The van der Waals surface area contributed by atoms with Gasteiger partial charge in [0.2, 0.25) is 5.91 Å². The van der Waals surface area contributed by atoms with Crippen molar-refractivity contribution >= 4 is 22.7 Å². The summed E-state index contributed by atoms with van der Waals surface area (Å²) in [5.74, 6) is 0.624. The molecule has 4 rings (SSSR count). The van der Waals surface area contributed by atoms with Gasteiger partial charge in [0, 0.05) is 12.5 Å². The molecule has 1 unspecified atom stereocenters. The van der Waals surface area contributed by atoms with E-state index in [0.29, 0.717) is 17.9 Å². The molecule has 0 saturated heterocycles. The predicted molar refractivity (Wildman–Crippen MR) is 120 cm³/mol. The smallest absolute Gasteiger partial charge is 0.217 e. The number of aliphatic imine (C=N–C) groups is 1. The molecular formula is C24H25N3O2S. The molecule has 5 nitrogen and oxygen atoms in total. The monoisotopic (exact) mass is 419 g/mol. The largest absolute Gasteiger partial charge is 0.490 e. The number of hydrogen-bond donors (Lipinski definition) is 1. The third kappa shape index (κ3) is 4.08. The summed E-state index contributed by atoms with van der Waals surface area (Å²) < 4.78 is 5.73. The van der Waals surface area contributed by atoms with Gasteiger partial charge in [-0.1, -0.05) is 30.0 Å². The Morgan fingerprint density at radius 3 is 2.83 bits per heavy atom. The van der Waals surface area contributed by atoms with Crippen molar-refractivity contribution in [2.75, 3.05) is 6.54 Å². The first-order valence-corrected chi connectivity index (χ1v) is 11.1. The SMILES string of the molecule is CC(=O)N[C@@H]1CCc2c(C3CN=C(c4ccc(OC(C)C)c(C#N)c4)S3)cccc21. The van der Waals surface area contributed by atoms with Crippen LogP contribution in [-0.4, -0.2) is 23.6 Å². The molecule has 0 fully saturated rings. The molecule has 1 heterocycles. The Morgan fingerprint density at radius 1 is 1.30 bits per heavy atom. The lowest BCUT2D eigenvalue weighted by Gasteiger charge is -2.16. The molecule has 1 amide bonds. The van der Waals surface area contributed by atoms with Gasteiger partial charge >= 0.3 is 0 Å². The Bertz CT molecular complexity index is 1050. The molecule has 0 spiro atoms. The van der Waals surface area contributed by atoms with Crippen LogP contribution in [0, 0.1) is 11.3 Å². The van der Waals surface area contributed by atoms with Crippen LogP contribution in [0.1, 0.15) is 66.3 Å². The number of amides is 1. The lowest BCUT2D eigenvalue weighted by molar-refractivity contribution is -0.119. The summed E-state index contributed by atoms with van der Waals surface area (Å²) in [5, 5.41) is 13.8. The zero-order chi connectivity index (χ0) is 21.3. The van der Waals surface area contributed by atoms with E-state index in [1.54, 1.807) is 18.7 Å². The molecule has 2 aromatic rings. The summed E-state index contributed by atoms with van der Waals surface area (Å²) in [6, 6.07) is 14.5. The first kappa shape index (κ1) is 20.5. The highest BCUT2D eigenvalue weighted by Gasteiger charge is 2.30. The Labute approximate surface area is 181 Å². The molecule has 2 aliphatic rings. The fourth-order valence-corrected chi connectivity index (χ4v) is 5.36. The number of rotatable bonds is 5. The minimum Gasteiger partial charge on any atom is -0.490 e. The number of nitriles is 1. The molecule has 0 bridgehead atoms. The lowest BCUT2D eigenvalue weighted by Crippen LogP contribution is -2.24. The van der Waals surface area contributed by atoms with E-state index in [0.717, 1.165) is 23.4 Å². The van der Waals surface area contributed by atoms with Crippen LogP contribution in [0.25, 0.3) is 0 Å². The van der Waals surface area contributed by atoms with Gasteiger partial charge in [-0.05, 0) is 61.6 Å². The number of nitrogens with zero attached hydrogens (tertiary/aromatic N) is 2. The summed E-state index contributed by atoms with van der Waals surface area (Å²) in [5.41, 5.74) is 5.39. The molecule has 1 N–H and O–H groups in total. The molecule has 0 aromatic heterocycles. The first-order chi connectivity index (χ1) is 14.5. The van der Waals surface area contributed by atoms with E-state index in [-0.39, 0.29) is 23.3 Å². The predicted octanol–water partition coefficient (Wildman–Crippen LogP) is 4.70. The van der Waals surface area contributed by atoms with Crippen molar-refractivity contribution in [2.45, 2.75) is 51.0 Å². The zero-order valence-corrected chi connectivity index (χ0v) is 18.3. The number of nitrogens with one attached hydrogen (secondary N) is 1. The zero-order valence-electron chi connectivity index (χ0n) is 17.4. The molecule has 2 aromatic carbocycles. The van der Waals surface area contributed by atoms with Crippen molar-refractivity contribution in [2.24, 2.45) is 4.99 Å². The second kappa shape index (κ2) is 8.53. The van der Waals surface area contributed by atoms with Crippen molar-refractivity contribution in [3.63, 3.8) is 0 Å². The van der Waals surface area contributed by atoms with Gasteiger partial charge in [0.25, 0.3) is 0 Å². The van der Waals surface area contributed by atoms with E-state index >= 15 is 0 Å². The van der Waals surface area contributed by atoms with Gasteiger partial charge in [-0.2, -0.15) is 5.26 Å². The molecule has 6 heteroatoms. The normalized spacial score (nSPS) is 19.9. The fourth-order valence-electron chi connectivity index (χ4n) is 4.18. The third-order valence-electron chi connectivity index (χ3n) is 5.40. The molecule has 0 saturated carbocycles. The molecule has 154 valence electrons. The minimum atomic E-state index is 0.0114. The average Bonchev–Trinajstić information content (AvgIpc) is 3.35. The van der Waals surface area contributed by atoms with Gasteiger partial charge in [0.05, 0.1) is 34.5 Å². The van der Waals surface area contributed by atoms with Crippen LogP contribution in [0.4, 0.5) is 0 Å². The number of thioether (sulfide) groups is 1. The summed E-state index contributed by atoms with van der Waals surface area (Å²) in [6.07, 6.45) is 1.94. The van der Waals surface area contributed by atoms with Gasteiger partial charge in [-0.15, -0.1) is 0 Å². The Balaban J connectivity index is 1.54. The summed E-state index contributed by atoms with van der Waals surface area (Å²) in [7, 11) is 0. The standard InChI is InChI=1S/C24H25N3O2S/c1-14(2)29-22-10-7-16(11-17(22)12-25)24-26-13-23(30-24)20-6-4-5-19-18(20)8-9-21(19)27-15(3)28/h4-7,10-11,14,21,23H,8-9,13H2,1-3H3,(H,27,28)/t21-,23?/m1/s1. The average molecular weight is 420 g/mol. The van der Waals surface area contributed by atoms with Gasteiger partial charge < -0.3 is 10.1 Å². The topological polar surface area (TPSA) is 74.5 Å². The van der Waals surface area contributed by atoms with Gasteiger partial charge in [-0.3, -0.25) is 9.79 Å². The fraction of sp³-hybridized carbons (Fsp3) is 0.375. The van der Waals surface area contributed by atoms with Crippen LogP contribution in [0.2, 0.25) is 0 Å². The van der Waals surface area contributed by atoms with E-state index < -0.39 is 0 Å². The minimum absolute atomic E-state index is 0.0114. The quantitative estimate of drug-likeness (QED) is 0.762. The number of carbonyl (C=O) groups is 1. The second-order valence-corrected chi connectivity index (χ2v) is 9.14.